The number of fused-ring (bicyclic) bond motifs is 1. The largest absolute Gasteiger partial charge is 0.497 e. The zero-order valence-electron chi connectivity index (χ0n) is 6.83. The van der Waals surface area contributed by atoms with Crippen molar-refractivity contribution in [2.75, 3.05) is 7.11 Å². The SMILES string of the molecule is [CH2]c1cc2ccc(OC)cc2o1. The Morgan fingerprint density at radius 2 is 2.17 bits per heavy atom. The zero-order chi connectivity index (χ0) is 8.55. The average Bonchev–Trinajstić information content (AvgIpc) is 2.43. The molecule has 0 aliphatic rings. The predicted molar refractivity (Wildman–Crippen MR) is 47.2 cm³/mol. The molecule has 1 radical (unpaired) electrons. The summed E-state index contributed by atoms with van der Waals surface area (Å²) in [5.41, 5.74) is 0.819. The van der Waals surface area contributed by atoms with Gasteiger partial charge in [-0.25, -0.2) is 0 Å². The molecule has 0 N–H and O–H groups in total. The average molecular weight is 161 g/mol. The lowest BCUT2D eigenvalue weighted by molar-refractivity contribution is 0.414. The molecule has 0 aliphatic heterocycles. The second kappa shape index (κ2) is 2.55. The smallest absolute Gasteiger partial charge is 0.137 e. The molecule has 2 heteroatoms. The van der Waals surface area contributed by atoms with Crippen LogP contribution in [0.2, 0.25) is 0 Å². The highest BCUT2D eigenvalue weighted by Gasteiger charge is 2.00. The quantitative estimate of drug-likeness (QED) is 0.641. The van der Waals surface area contributed by atoms with Crippen molar-refractivity contribution in [3.63, 3.8) is 0 Å². The Morgan fingerprint density at radius 1 is 1.33 bits per heavy atom. The first-order chi connectivity index (χ1) is 5.79. The fourth-order valence-corrected chi connectivity index (χ4v) is 1.19. The van der Waals surface area contributed by atoms with Gasteiger partial charge in [0, 0.05) is 18.4 Å². The molecule has 0 atom stereocenters. The predicted octanol–water partition coefficient (Wildman–Crippen LogP) is 2.62. The molecule has 1 heterocycles. The minimum absolute atomic E-state index is 0.679. The lowest BCUT2D eigenvalue weighted by Gasteiger charge is -1.96. The molecule has 2 nitrogen and oxygen atoms in total. The number of methoxy groups -OCH3 is 1. The van der Waals surface area contributed by atoms with Crippen LogP contribution in [0.1, 0.15) is 5.76 Å². The number of furan rings is 1. The van der Waals surface area contributed by atoms with Gasteiger partial charge in [-0.2, -0.15) is 0 Å². The van der Waals surface area contributed by atoms with Crippen LogP contribution in [0.5, 0.6) is 5.75 Å². The van der Waals surface area contributed by atoms with E-state index in [-0.39, 0.29) is 0 Å². The first-order valence-electron chi connectivity index (χ1n) is 3.69. The summed E-state index contributed by atoms with van der Waals surface area (Å²) in [7, 11) is 1.63. The van der Waals surface area contributed by atoms with Crippen LogP contribution in [-0.4, -0.2) is 7.11 Å². The summed E-state index contributed by atoms with van der Waals surface area (Å²) in [6.07, 6.45) is 0. The first-order valence-corrected chi connectivity index (χ1v) is 3.69. The summed E-state index contributed by atoms with van der Waals surface area (Å²) in [6.45, 7) is 3.71. The van der Waals surface area contributed by atoms with Gasteiger partial charge in [-0.15, -0.1) is 0 Å². The third-order valence-electron chi connectivity index (χ3n) is 1.78. The lowest BCUT2D eigenvalue weighted by Crippen LogP contribution is -1.79. The van der Waals surface area contributed by atoms with Gasteiger partial charge in [-0.1, -0.05) is 0 Å². The van der Waals surface area contributed by atoms with Crippen LogP contribution >= 0.6 is 0 Å². The van der Waals surface area contributed by atoms with Crippen LogP contribution in [0.25, 0.3) is 11.0 Å². The van der Waals surface area contributed by atoms with Crippen LogP contribution in [0.4, 0.5) is 0 Å². The van der Waals surface area contributed by atoms with E-state index in [0.29, 0.717) is 5.76 Å². The molecule has 0 saturated heterocycles. The first kappa shape index (κ1) is 7.22. The molecule has 1 aromatic heterocycles. The standard InChI is InChI=1S/C10H9O2/c1-7-5-8-3-4-9(11-2)6-10(8)12-7/h3-6H,1H2,2H3. The highest BCUT2D eigenvalue weighted by atomic mass is 16.5. The molecule has 12 heavy (non-hydrogen) atoms. The molecule has 0 unspecified atom stereocenters. The van der Waals surface area contributed by atoms with Gasteiger partial charge in [0.15, 0.2) is 0 Å². The van der Waals surface area contributed by atoms with Gasteiger partial charge < -0.3 is 9.15 Å². The Morgan fingerprint density at radius 3 is 2.92 bits per heavy atom. The van der Waals surface area contributed by atoms with Crippen molar-refractivity contribution in [2.45, 2.75) is 0 Å². The third-order valence-corrected chi connectivity index (χ3v) is 1.78. The number of ether oxygens (including phenoxy) is 1. The fraction of sp³-hybridized carbons (Fsp3) is 0.100. The van der Waals surface area contributed by atoms with Crippen molar-refractivity contribution in [1.82, 2.24) is 0 Å². The molecule has 61 valence electrons. The second-order valence-corrected chi connectivity index (χ2v) is 2.62. The molecular formula is C10H9O2. The van der Waals surface area contributed by atoms with E-state index in [1.165, 1.54) is 0 Å². The van der Waals surface area contributed by atoms with E-state index >= 15 is 0 Å². The van der Waals surface area contributed by atoms with Gasteiger partial charge in [0.25, 0.3) is 0 Å². The van der Waals surface area contributed by atoms with Crippen molar-refractivity contribution >= 4 is 11.0 Å². The summed E-state index contributed by atoms with van der Waals surface area (Å²) in [5.74, 6) is 1.48. The Kier molecular flexibility index (Phi) is 1.54. The monoisotopic (exact) mass is 161 g/mol. The summed E-state index contributed by atoms with van der Waals surface area (Å²) in [5, 5.41) is 1.06. The molecule has 2 aromatic rings. The molecule has 0 fully saturated rings. The van der Waals surface area contributed by atoms with E-state index in [2.05, 4.69) is 6.92 Å². The number of benzene rings is 1. The Balaban J connectivity index is 2.66. The van der Waals surface area contributed by atoms with Crippen molar-refractivity contribution in [1.29, 1.82) is 0 Å². The molecule has 0 amide bonds. The molecule has 0 bridgehead atoms. The van der Waals surface area contributed by atoms with Gasteiger partial charge in [0.2, 0.25) is 0 Å². The number of hydrogen-bond acceptors (Lipinski definition) is 2. The summed E-state index contributed by atoms with van der Waals surface area (Å²) in [4.78, 5) is 0. The molecule has 2 rings (SSSR count). The van der Waals surface area contributed by atoms with E-state index in [0.717, 1.165) is 16.7 Å². The van der Waals surface area contributed by atoms with E-state index in [1.807, 2.05) is 24.3 Å². The molecule has 1 aromatic carbocycles. The summed E-state index contributed by atoms with van der Waals surface area (Å²) < 4.78 is 10.4. The molecule has 0 aliphatic carbocycles. The lowest BCUT2D eigenvalue weighted by atomic mass is 10.2. The van der Waals surface area contributed by atoms with Crippen LogP contribution in [0.3, 0.4) is 0 Å². The Hall–Kier alpha value is -1.44. The number of hydrogen-bond donors (Lipinski definition) is 0. The zero-order valence-corrected chi connectivity index (χ0v) is 6.83. The minimum Gasteiger partial charge on any atom is -0.497 e. The van der Waals surface area contributed by atoms with Crippen LogP contribution in [0, 0.1) is 6.92 Å². The minimum atomic E-state index is 0.679. The van der Waals surface area contributed by atoms with Crippen LogP contribution < -0.4 is 4.74 Å². The van der Waals surface area contributed by atoms with E-state index in [1.54, 1.807) is 7.11 Å². The third kappa shape index (κ3) is 1.05. The fourth-order valence-electron chi connectivity index (χ4n) is 1.19. The van der Waals surface area contributed by atoms with Gasteiger partial charge in [0.05, 0.1) is 7.11 Å². The molecule has 0 saturated carbocycles. The van der Waals surface area contributed by atoms with Gasteiger partial charge in [0.1, 0.15) is 17.1 Å². The second-order valence-electron chi connectivity index (χ2n) is 2.62. The Bertz CT molecular complexity index is 401. The van der Waals surface area contributed by atoms with Crippen molar-refractivity contribution in [3.8, 4) is 5.75 Å². The van der Waals surface area contributed by atoms with Crippen molar-refractivity contribution in [3.05, 3.63) is 36.9 Å². The van der Waals surface area contributed by atoms with E-state index in [4.69, 9.17) is 9.15 Å². The maximum Gasteiger partial charge on any atom is 0.137 e. The maximum atomic E-state index is 5.32. The topological polar surface area (TPSA) is 22.4 Å². The molecular weight excluding hydrogens is 152 g/mol. The Labute approximate surface area is 70.8 Å². The highest BCUT2D eigenvalue weighted by Crippen LogP contribution is 2.23. The van der Waals surface area contributed by atoms with E-state index < -0.39 is 0 Å². The van der Waals surface area contributed by atoms with Crippen LogP contribution in [0.15, 0.2) is 28.7 Å². The van der Waals surface area contributed by atoms with E-state index in [9.17, 15) is 0 Å². The number of rotatable bonds is 1. The van der Waals surface area contributed by atoms with Gasteiger partial charge in [-0.05, 0) is 18.2 Å². The van der Waals surface area contributed by atoms with Crippen LogP contribution in [-0.2, 0) is 0 Å². The van der Waals surface area contributed by atoms with Gasteiger partial charge >= 0.3 is 0 Å². The van der Waals surface area contributed by atoms with Crippen molar-refractivity contribution in [2.24, 2.45) is 0 Å². The maximum absolute atomic E-state index is 5.32. The summed E-state index contributed by atoms with van der Waals surface area (Å²) in [6, 6.07) is 7.60. The normalized spacial score (nSPS) is 10.5. The molecule has 0 spiro atoms. The summed E-state index contributed by atoms with van der Waals surface area (Å²) >= 11 is 0. The van der Waals surface area contributed by atoms with Gasteiger partial charge in [-0.3, -0.25) is 0 Å². The highest BCUT2D eigenvalue weighted by molar-refractivity contribution is 5.79. The van der Waals surface area contributed by atoms with Crippen molar-refractivity contribution < 1.29 is 9.15 Å².